The fourth-order valence-corrected chi connectivity index (χ4v) is 1.42. The Morgan fingerprint density at radius 3 is 1.64 bits per heavy atom. The number of aromatic carboxylic acids is 1. The van der Waals surface area contributed by atoms with E-state index in [4.69, 9.17) is 14.9 Å². The number of aliphatic hydroxyl groups is 1. The van der Waals surface area contributed by atoms with Crippen LogP contribution in [0.15, 0.2) is 24.8 Å². The average molecular weight is 350 g/mol. The molecule has 9 nitrogen and oxygen atoms in total. The lowest BCUT2D eigenvalue weighted by atomic mass is 10.3. The molecule has 0 aliphatic rings. The number of nitrogens with zero attached hydrogens (tertiary/aromatic N) is 4. The SMILES string of the molecule is CCO.CCOC(=O)c1nccnc1C.Cc1nccnc1C(=O)O. The Hall–Kier alpha value is -2.94. The molecule has 0 aliphatic heterocycles. The van der Waals surface area contributed by atoms with Crippen molar-refractivity contribution in [1.82, 2.24) is 19.9 Å². The minimum Gasteiger partial charge on any atom is -0.476 e. The Bertz CT molecular complexity index is 679. The first-order chi connectivity index (χ1) is 11.9. The van der Waals surface area contributed by atoms with E-state index in [0.29, 0.717) is 23.7 Å². The van der Waals surface area contributed by atoms with Crippen molar-refractivity contribution in [3.05, 3.63) is 47.6 Å². The highest BCUT2D eigenvalue weighted by atomic mass is 16.5. The Kier molecular flexibility index (Phi) is 11.0. The molecular formula is C16H22N4O5. The maximum atomic E-state index is 11.1. The zero-order valence-electron chi connectivity index (χ0n) is 14.6. The molecule has 0 atom stereocenters. The van der Waals surface area contributed by atoms with Gasteiger partial charge in [-0.2, -0.15) is 0 Å². The van der Waals surface area contributed by atoms with Gasteiger partial charge in [-0.05, 0) is 27.7 Å². The van der Waals surface area contributed by atoms with E-state index in [0.717, 1.165) is 0 Å². The third-order valence-electron chi connectivity index (χ3n) is 2.43. The summed E-state index contributed by atoms with van der Waals surface area (Å²) in [6.07, 6.45) is 5.83. The van der Waals surface area contributed by atoms with Crippen LogP contribution in [-0.2, 0) is 4.74 Å². The van der Waals surface area contributed by atoms with E-state index in [1.54, 1.807) is 27.7 Å². The van der Waals surface area contributed by atoms with E-state index in [1.807, 2.05) is 0 Å². The number of carboxylic acids is 1. The first kappa shape index (κ1) is 22.1. The lowest BCUT2D eigenvalue weighted by Gasteiger charge is -2.01. The highest BCUT2D eigenvalue weighted by Crippen LogP contribution is 2.01. The van der Waals surface area contributed by atoms with Crippen LogP contribution in [0.1, 0.15) is 46.2 Å². The number of carboxylic acid groups (broad SMARTS) is 1. The Balaban J connectivity index is 0.000000403. The van der Waals surface area contributed by atoms with Crippen molar-refractivity contribution in [1.29, 1.82) is 0 Å². The number of hydrogen-bond acceptors (Lipinski definition) is 8. The minimum absolute atomic E-state index is 0.0162. The number of carbonyl (C=O) groups is 2. The van der Waals surface area contributed by atoms with Gasteiger partial charge < -0.3 is 14.9 Å². The van der Waals surface area contributed by atoms with E-state index in [9.17, 15) is 9.59 Å². The predicted octanol–water partition coefficient (Wildman–Crippen LogP) is 1.44. The standard InChI is InChI=1S/C8H10N2O2.C6H6N2O2.C2H6O/c1-3-12-8(11)7-6(2)9-4-5-10-7;1-4-5(6(9)10)8-3-2-7-4;1-2-3/h4-5H,3H2,1-2H3;2-3H,1H3,(H,9,10);3H,2H2,1H3. The fourth-order valence-electron chi connectivity index (χ4n) is 1.42. The number of aliphatic hydroxyl groups excluding tert-OH is 1. The van der Waals surface area contributed by atoms with E-state index in [-0.39, 0.29) is 12.3 Å². The lowest BCUT2D eigenvalue weighted by molar-refractivity contribution is 0.0517. The lowest BCUT2D eigenvalue weighted by Crippen LogP contribution is -2.09. The number of rotatable bonds is 3. The number of hydrogen-bond donors (Lipinski definition) is 2. The van der Waals surface area contributed by atoms with Crippen molar-refractivity contribution >= 4 is 11.9 Å². The number of aromatic nitrogens is 4. The molecule has 0 saturated carbocycles. The second-order valence-electron chi connectivity index (χ2n) is 4.32. The average Bonchev–Trinajstić information content (AvgIpc) is 2.57. The smallest absolute Gasteiger partial charge is 0.358 e. The summed E-state index contributed by atoms with van der Waals surface area (Å²) in [6.45, 7) is 7.37. The Morgan fingerprint density at radius 1 is 0.920 bits per heavy atom. The van der Waals surface area contributed by atoms with Crippen LogP contribution in [0.4, 0.5) is 0 Å². The highest BCUT2D eigenvalue weighted by molar-refractivity contribution is 5.88. The van der Waals surface area contributed by atoms with Gasteiger partial charge in [0.25, 0.3) is 0 Å². The van der Waals surface area contributed by atoms with Gasteiger partial charge in [-0.15, -0.1) is 0 Å². The molecule has 9 heteroatoms. The van der Waals surface area contributed by atoms with E-state index < -0.39 is 11.9 Å². The van der Waals surface area contributed by atoms with Crippen LogP contribution in [0.25, 0.3) is 0 Å². The van der Waals surface area contributed by atoms with E-state index in [2.05, 4.69) is 19.9 Å². The van der Waals surface area contributed by atoms with Crippen LogP contribution in [0.3, 0.4) is 0 Å². The zero-order chi connectivity index (χ0) is 19.2. The molecule has 0 fully saturated rings. The summed E-state index contributed by atoms with van der Waals surface area (Å²) < 4.78 is 4.77. The molecule has 0 amide bonds. The van der Waals surface area contributed by atoms with Gasteiger partial charge in [0.15, 0.2) is 11.4 Å². The Labute approximate surface area is 145 Å². The summed E-state index contributed by atoms with van der Waals surface area (Å²) >= 11 is 0. The molecule has 2 rings (SSSR count). The van der Waals surface area contributed by atoms with E-state index >= 15 is 0 Å². The Morgan fingerprint density at radius 2 is 1.32 bits per heavy atom. The molecule has 0 spiro atoms. The molecule has 2 aromatic rings. The van der Waals surface area contributed by atoms with Crippen LogP contribution in [0.5, 0.6) is 0 Å². The molecule has 2 heterocycles. The van der Waals surface area contributed by atoms with Crippen molar-refractivity contribution < 1.29 is 24.5 Å². The molecule has 136 valence electrons. The van der Waals surface area contributed by atoms with Crippen molar-refractivity contribution in [2.45, 2.75) is 27.7 Å². The summed E-state index contributed by atoms with van der Waals surface area (Å²) in [5.41, 5.74) is 1.34. The topological polar surface area (TPSA) is 135 Å². The molecule has 0 saturated heterocycles. The van der Waals surface area contributed by atoms with Gasteiger partial charge in [-0.25, -0.2) is 19.6 Å². The molecule has 0 unspecified atom stereocenters. The third kappa shape index (κ3) is 8.47. The largest absolute Gasteiger partial charge is 0.476 e. The van der Waals surface area contributed by atoms with Crippen LogP contribution in [0.2, 0.25) is 0 Å². The molecule has 25 heavy (non-hydrogen) atoms. The van der Waals surface area contributed by atoms with Crippen molar-refractivity contribution in [2.75, 3.05) is 13.2 Å². The van der Waals surface area contributed by atoms with Crippen molar-refractivity contribution in [2.24, 2.45) is 0 Å². The third-order valence-corrected chi connectivity index (χ3v) is 2.43. The molecule has 2 aromatic heterocycles. The summed E-state index contributed by atoms with van der Waals surface area (Å²) in [7, 11) is 0. The van der Waals surface area contributed by atoms with Crippen molar-refractivity contribution in [3.8, 4) is 0 Å². The monoisotopic (exact) mass is 350 g/mol. The zero-order valence-corrected chi connectivity index (χ0v) is 14.6. The fraction of sp³-hybridized carbons (Fsp3) is 0.375. The van der Waals surface area contributed by atoms with Gasteiger partial charge >= 0.3 is 11.9 Å². The van der Waals surface area contributed by atoms with Gasteiger partial charge in [-0.3, -0.25) is 9.97 Å². The maximum absolute atomic E-state index is 11.1. The summed E-state index contributed by atoms with van der Waals surface area (Å²) in [4.78, 5) is 36.6. The number of esters is 1. The molecule has 2 N–H and O–H groups in total. The normalized spacial score (nSPS) is 9.00. The van der Waals surface area contributed by atoms with Crippen LogP contribution in [-0.4, -0.2) is 55.3 Å². The predicted molar refractivity (Wildman–Crippen MR) is 89.2 cm³/mol. The second-order valence-corrected chi connectivity index (χ2v) is 4.32. The quantitative estimate of drug-likeness (QED) is 0.788. The summed E-state index contributed by atoms with van der Waals surface area (Å²) in [5.74, 6) is -1.45. The number of ether oxygens (including phenoxy) is 1. The van der Waals surface area contributed by atoms with Gasteiger partial charge in [-0.1, -0.05) is 0 Å². The summed E-state index contributed by atoms with van der Waals surface area (Å²) in [6, 6.07) is 0. The maximum Gasteiger partial charge on any atom is 0.358 e. The first-order valence-corrected chi connectivity index (χ1v) is 7.45. The molecule has 0 bridgehead atoms. The van der Waals surface area contributed by atoms with Crippen LogP contribution < -0.4 is 0 Å². The van der Waals surface area contributed by atoms with Gasteiger partial charge in [0.2, 0.25) is 0 Å². The molecule has 0 radical (unpaired) electrons. The molecule has 0 aliphatic carbocycles. The molecule has 0 aromatic carbocycles. The van der Waals surface area contributed by atoms with Gasteiger partial charge in [0.1, 0.15) is 0 Å². The summed E-state index contributed by atoms with van der Waals surface area (Å²) in [5, 5.41) is 16.0. The van der Waals surface area contributed by atoms with Crippen LogP contribution in [0, 0.1) is 13.8 Å². The van der Waals surface area contributed by atoms with Gasteiger partial charge in [0, 0.05) is 31.4 Å². The number of aryl methyl sites for hydroxylation is 2. The minimum atomic E-state index is -1.04. The van der Waals surface area contributed by atoms with Crippen molar-refractivity contribution in [3.63, 3.8) is 0 Å². The first-order valence-electron chi connectivity index (χ1n) is 7.45. The van der Waals surface area contributed by atoms with Crippen LogP contribution >= 0.6 is 0 Å². The second kappa shape index (κ2) is 12.5. The van der Waals surface area contributed by atoms with Gasteiger partial charge in [0.05, 0.1) is 18.0 Å². The number of carbonyl (C=O) groups excluding carboxylic acids is 1. The van der Waals surface area contributed by atoms with E-state index in [1.165, 1.54) is 24.8 Å². The highest BCUT2D eigenvalue weighted by Gasteiger charge is 2.10. The molecular weight excluding hydrogens is 328 g/mol.